The summed E-state index contributed by atoms with van der Waals surface area (Å²) in [6, 6.07) is 6.31. The number of nitrogens with zero attached hydrogens (tertiary/aromatic N) is 3. The maximum Gasteiger partial charge on any atom is 0.106 e. The number of fused-ring (bicyclic) bond motifs is 1. The van der Waals surface area contributed by atoms with Crippen LogP contribution in [0.1, 0.15) is 11.4 Å². The van der Waals surface area contributed by atoms with Crippen molar-refractivity contribution >= 4 is 11.0 Å². The second-order valence-corrected chi connectivity index (χ2v) is 5.13. The largest absolute Gasteiger partial charge is 0.390 e. The normalized spacial score (nSPS) is 13.4. The molecule has 0 saturated carbocycles. The van der Waals surface area contributed by atoms with Gasteiger partial charge >= 0.3 is 0 Å². The Labute approximate surface area is 113 Å². The predicted octanol–water partition coefficient (Wildman–Crippen LogP) is 0.633. The van der Waals surface area contributed by atoms with Gasteiger partial charge in [0.05, 0.1) is 17.1 Å². The van der Waals surface area contributed by atoms with Crippen molar-refractivity contribution in [1.29, 1.82) is 0 Å². The monoisotopic (exact) mass is 262 g/mol. The Kier molecular flexibility index (Phi) is 4.19. The van der Waals surface area contributed by atoms with E-state index in [0.29, 0.717) is 13.1 Å². The first-order chi connectivity index (χ1) is 9.01. The minimum atomic E-state index is -0.467. The number of aliphatic hydroxyl groups excluding tert-OH is 1. The molecule has 0 bridgehead atoms. The third-order valence-electron chi connectivity index (χ3n) is 3.42. The number of rotatable bonds is 5. The molecule has 0 spiro atoms. The van der Waals surface area contributed by atoms with Crippen LogP contribution in [0.15, 0.2) is 18.2 Å². The Balaban J connectivity index is 2.13. The molecule has 0 fully saturated rings. The summed E-state index contributed by atoms with van der Waals surface area (Å²) in [6.45, 7) is 3.66. The van der Waals surface area contributed by atoms with Crippen LogP contribution in [-0.4, -0.2) is 45.8 Å². The van der Waals surface area contributed by atoms with Gasteiger partial charge in [0.2, 0.25) is 0 Å². The van der Waals surface area contributed by atoms with Crippen LogP contribution in [0.25, 0.3) is 11.0 Å². The van der Waals surface area contributed by atoms with E-state index in [0.717, 1.165) is 23.4 Å². The van der Waals surface area contributed by atoms with Crippen LogP contribution in [0, 0.1) is 6.92 Å². The van der Waals surface area contributed by atoms with Crippen molar-refractivity contribution in [1.82, 2.24) is 14.5 Å². The van der Waals surface area contributed by atoms with Gasteiger partial charge in [0.1, 0.15) is 5.82 Å². The summed E-state index contributed by atoms with van der Waals surface area (Å²) in [5, 5.41) is 9.54. The molecule has 2 aromatic rings. The summed E-state index contributed by atoms with van der Waals surface area (Å²) in [7, 11) is 4.00. The number of hydrogen-bond donors (Lipinski definition) is 2. The molecule has 5 heteroatoms. The van der Waals surface area contributed by atoms with E-state index >= 15 is 0 Å². The molecule has 1 unspecified atom stereocenters. The molecule has 1 atom stereocenters. The number of aryl methyl sites for hydroxylation is 2. The van der Waals surface area contributed by atoms with Crippen LogP contribution in [0.3, 0.4) is 0 Å². The van der Waals surface area contributed by atoms with Gasteiger partial charge in [-0.15, -0.1) is 0 Å². The zero-order valence-corrected chi connectivity index (χ0v) is 11.8. The van der Waals surface area contributed by atoms with Crippen molar-refractivity contribution in [3.8, 4) is 0 Å². The van der Waals surface area contributed by atoms with Crippen molar-refractivity contribution < 1.29 is 5.11 Å². The summed E-state index contributed by atoms with van der Waals surface area (Å²) >= 11 is 0. The number of hydrogen-bond acceptors (Lipinski definition) is 4. The molecule has 19 heavy (non-hydrogen) atoms. The average molecular weight is 262 g/mol. The summed E-state index contributed by atoms with van der Waals surface area (Å²) in [6.07, 6.45) is -0.467. The Morgan fingerprint density at radius 2 is 2.21 bits per heavy atom. The standard InChI is InChI=1S/C14H22N4O/c1-10-16-13-6-11(4-5-14(13)18(10)3)8-17(2)9-12(19)7-15/h4-6,12,19H,7-9,15H2,1-3H3. The van der Waals surface area contributed by atoms with Crippen LogP contribution in [-0.2, 0) is 13.6 Å². The van der Waals surface area contributed by atoms with E-state index in [1.807, 2.05) is 21.0 Å². The van der Waals surface area contributed by atoms with Gasteiger partial charge in [0, 0.05) is 26.7 Å². The number of nitrogens with two attached hydrogens (primary N) is 1. The molecule has 0 aliphatic heterocycles. The smallest absolute Gasteiger partial charge is 0.106 e. The van der Waals surface area contributed by atoms with Gasteiger partial charge in [-0.2, -0.15) is 0 Å². The molecule has 3 N–H and O–H groups in total. The summed E-state index contributed by atoms with van der Waals surface area (Å²) in [5.41, 5.74) is 8.77. The number of imidazole rings is 1. The highest BCUT2D eigenvalue weighted by atomic mass is 16.3. The van der Waals surface area contributed by atoms with Gasteiger partial charge in [-0.05, 0) is 31.7 Å². The molecule has 0 radical (unpaired) electrons. The van der Waals surface area contributed by atoms with E-state index in [1.54, 1.807) is 0 Å². The van der Waals surface area contributed by atoms with Gasteiger partial charge < -0.3 is 15.4 Å². The Bertz CT molecular complexity index is 564. The van der Waals surface area contributed by atoms with E-state index in [9.17, 15) is 5.11 Å². The Morgan fingerprint density at radius 3 is 2.89 bits per heavy atom. The topological polar surface area (TPSA) is 67.3 Å². The minimum Gasteiger partial charge on any atom is -0.390 e. The first kappa shape index (κ1) is 14.0. The number of aromatic nitrogens is 2. The quantitative estimate of drug-likeness (QED) is 0.829. The molecule has 1 heterocycles. The zero-order chi connectivity index (χ0) is 14.0. The van der Waals surface area contributed by atoms with Gasteiger partial charge in [0.15, 0.2) is 0 Å². The van der Waals surface area contributed by atoms with Crippen molar-refractivity contribution in [2.24, 2.45) is 12.8 Å². The van der Waals surface area contributed by atoms with Crippen molar-refractivity contribution in [3.63, 3.8) is 0 Å². The fraction of sp³-hybridized carbons (Fsp3) is 0.500. The minimum absolute atomic E-state index is 0.294. The van der Waals surface area contributed by atoms with Crippen molar-refractivity contribution in [3.05, 3.63) is 29.6 Å². The molecule has 5 nitrogen and oxygen atoms in total. The van der Waals surface area contributed by atoms with Crippen LogP contribution in [0.4, 0.5) is 0 Å². The predicted molar refractivity (Wildman–Crippen MR) is 76.8 cm³/mol. The van der Waals surface area contributed by atoms with Crippen LogP contribution >= 0.6 is 0 Å². The zero-order valence-electron chi connectivity index (χ0n) is 11.8. The second kappa shape index (κ2) is 5.69. The Morgan fingerprint density at radius 1 is 1.47 bits per heavy atom. The number of benzene rings is 1. The van der Waals surface area contributed by atoms with Gasteiger partial charge in [-0.1, -0.05) is 6.07 Å². The average Bonchev–Trinajstić information content (AvgIpc) is 2.64. The van der Waals surface area contributed by atoms with Crippen LogP contribution in [0.2, 0.25) is 0 Å². The van der Waals surface area contributed by atoms with E-state index in [-0.39, 0.29) is 0 Å². The highest BCUT2D eigenvalue weighted by Crippen LogP contribution is 2.17. The molecular formula is C14H22N4O. The SMILES string of the molecule is Cc1nc2cc(CN(C)CC(O)CN)ccc2n1C. The lowest BCUT2D eigenvalue weighted by atomic mass is 10.2. The molecule has 0 amide bonds. The van der Waals surface area contributed by atoms with Crippen molar-refractivity contribution in [2.45, 2.75) is 19.6 Å². The molecule has 2 rings (SSSR count). The number of likely N-dealkylation sites (N-methyl/N-ethyl adjacent to an activating group) is 1. The molecule has 0 aliphatic carbocycles. The van der Waals surface area contributed by atoms with Gasteiger partial charge in [-0.3, -0.25) is 4.90 Å². The lowest BCUT2D eigenvalue weighted by Gasteiger charge is -2.19. The third kappa shape index (κ3) is 3.12. The fourth-order valence-electron chi connectivity index (χ4n) is 2.27. The highest BCUT2D eigenvalue weighted by molar-refractivity contribution is 5.76. The molecule has 104 valence electrons. The molecule has 0 saturated heterocycles. The molecule has 1 aromatic carbocycles. The first-order valence-electron chi connectivity index (χ1n) is 6.50. The van der Waals surface area contributed by atoms with E-state index in [1.165, 1.54) is 5.56 Å². The van der Waals surface area contributed by atoms with E-state index < -0.39 is 6.10 Å². The van der Waals surface area contributed by atoms with Crippen LogP contribution < -0.4 is 5.73 Å². The third-order valence-corrected chi connectivity index (χ3v) is 3.42. The second-order valence-electron chi connectivity index (χ2n) is 5.13. The lowest BCUT2D eigenvalue weighted by molar-refractivity contribution is 0.129. The van der Waals surface area contributed by atoms with E-state index in [2.05, 4.69) is 32.7 Å². The first-order valence-corrected chi connectivity index (χ1v) is 6.50. The molecular weight excluding hydrogens is 240 g/mol. The summed E-state index contributed by atoms with van der Waals surface area (Å²) in [5.74, 6) is 1.01. The highest BCUT2D eigenvalue weighted by Gasteiger charge is 2.09. The van der Waals surface area contributed by atoms with Gasteiger partial charge in [-0.25, -0.2) is 4.98 Å². The lowest BCUT2D eigenvalue weighted by Crippen LogP contribution is -2.33. The summed E-state index contributed by atoms with van der Waals surface area (Å²) in [4.78, 5) is 6.60. The summed E-state index contributed by atoms with van der Waals surface area (Å²) < 4.78 is 2.08. The maximum absolute atomic E-state index is 9.54. The van der Waals surface area contributed by atoms with Gasteiger partial charge in [0.25, 0.3) is 0 Å². The van der Waals surface area contributed by atoms with E-state index in [4.69, 9.17) is 5.73 Å². The Hall–Kier alpha value is -1.43. The van der Waals surface area contributed by atoms with Crippen molar-refractivity contribution in [2.75, 3.05) is 20.1 Å². The molecule has 1 aromatic heterocycles. The number of aliphatic hydroxyl groups is 1. The fourth-order valence-corrected chi connectivity index (χ4v) is 2.27. The maximum atomic E-state index is 9.54. The molecule has 0 aliphatic rings. The van der Waals surface area contributed by atoms with Crippen LogP contribution in [0.5, 0.6) is 0 Å².